The molecule has 4 heteroatoms. The average molecular weight is 350 g/mol. The lowest BCUT2D eigenvalue weighted by atomic mass is 9.89. The maximum atomic E-state index is 12.3. The molecule has 2 amide bonds. The van der Waals surface area contributed by atoms with Crippen molar-refractivity contribution in [1.29, 1.82) is 0 Å². The van der Waals surface area contributed by atoms with Gasteiger partial charge in [-0.25, -0.2) is 0 Å². The molecule has 2 atom stereocenters. The third-order valence-electron chi connectivity index (χ3n) is 5.07. The Morgan fingerprint density at radius 1 is 0.769 bits per heavy atom. The molecular weight excluding hydrogens is 324 g/mol. The monoisotopic (exact) mass is 350 g/mol. The van der Waals surface area contributed by atoms with Gasteiger partial charge in [0.15, 0.2) is 0 Å². The van der Waals surface area contributed by atoms with Gasteiger partial charge in [0.2, 0.25) is 0 Å². The molecule has 3 rings (SSSR count). The Bertz CT molecular complexity index is 786. The molecule has 0 fully saturated rings. The van der Waals surface area contributed by atoms with Gasteiger partial charge in [0.25, 0.3) is 0 Å². The lowest BCUT2D eigenvalue weighted by Crippen LogP contribution is -2.41. The Labute approximate surface area is 155 Å². The van der Waals surface area contributed by atoms with Crippen LogP contribution in [0.2, 0.25) is 0 Å². The highest BCUT2D eigenvalue weighted by atomic mass is 16.2. The van der Waals surface area contributed by atoms with Crippen molar-refractivity contribution < 1.29 is 9.59 Å². The van der Waals surface area contributed by atoms with E-state index in [1.54, 1.807) is 0 Å². The zero-order valence-corrected chi connectivity index (χ0v) is 15.4. The molecule has 2 aromatic rings. The number of carbonyl (C=O) groups excluding carboxylic acids is 2. The van der Waals surface area contributed by atoms with Crippen molar-refractivity contribution in [1.82, 2.24) is 10.6 Å². The fraction of sp³-hybridized carbons (Fsp3) is 0.364. The van der Waals surface area contributed by atoms with Crippen molar-refractivity contribution >= 4 is 11.8 Å². The van der Waals surface area contributed by atoms with Crippen LogP contribution in [0.15, 0.2) is 48.5 Å². The molecule has 4 nitrogen and oxygen atoms in total. The first-order valence-electron chi connectivity index (χ1n) is 9.32. The highest BCUT2D eigenvalue weighted by molar-refractivity contribution is 6.35. The van der Waals surface area contributed by atoms with Crippen molar-refractivity contribution in [2.75, 3.05) is 0 Å². The molecule has 1 aliphatic carbocycles. The summed E-state index contributed by atoms with van der Waals surface area (Å²) in [6, 6.07) is 15.6. The Kier molecular flexibility index (Phi) is 5.71. The number of benzene rings is 2. The number of hydrogen-bond donors (Lipinski definition) is 2. The van der Waals surface area contributed by atoms with E-state index < -0.39 is 11.8 Å². The van der Waals surface area contributed by atoms with Crippen LogP contribution in [0.25, 0.3) is 0 Å². The third kappa shape index (κ3) is 4.31. The average Bonchev–Trinajstić information content (AvgIpc) is 2.68. The van der Waals surface area contributed by atoms with Gasteiger partial charge < -0.3 is 10.6 Å². The van der Waals surface area contributed by atoms with E-state index in [9.17, 15) is 9.59 Å². The molecule has 0 saturated carbocycles. The van der Waals surface area contributed by atoms with E-state index in [-0.39, 0.29) is 12.1 Å². The van der Waals surface area contributed by atoms with E-state index in [2.05, 4.69) is 28.8 Å². The maximum absolute atomic E-state index is 12.3. The minimum Gasteiger partial charge on any atom is -0.341 e. The minimum absolute atomic E-state index is 0.201. The summed E-state index contributed by atoms with van der Waals surface area (Å²) < 4.78 is 0. The van der Waals surface area contributed by atoms with Crippen LogP contribution in [-0.2, 0) is 22.4 Å². The number of carbonyl (C=O) groups is 2. The summed E-state index contributed by atoms with van der Waals surface area (Å²) in [6.07, 6.45) is 4.70. The second kappa shape index (κ2) is 8.17. The second-order valence-electron chi connectivity index (χ2n) is 7.04. The quantitative estimate of drug-likeness (QED) is 0.828. The normalized spacial score (nSPS) is 15.5. The van der Waals surface area contributed by atoms with Gasteiger partial charge in [-0.2, -0.15) is 0 Å². The number of hydrogen-bond acceptors (Lipinski definition) is 2. The van der Waals surface area contributed by atoms with Gasteiger partial charge in [0.1, 0.15) is 0 Å². The zero-order valence-electron chi connectivity index (χ0n) is 15.4. The second-order valence-corrected chi connectivity index (χ2v) is 7.04. The number of aryl methyl sites for hydroxylation is 2. The summed E-state index contributed by atoms with van der Waals surface area (Å²) in [5, 5.41) is 5.56. The molecule has 0 aliphatic heterocycles. The molecule has 0 spiro atoms. The van der Waals surface area contributed by atoms with Crippen molar-refractivity contribution in [3.8, 4) is 0 Å². The smallest absolute Gasteiger partial charge is 0.309 e. The third-order valence-corrected chi connectivity index (χ3v) is 5.07. The van der Waals surface area contributed by atoms with Crippen molar-refractivity contribution in [3.63, 3.8) is 0 Å². The summed E-state index contributed by atoms with van der Waals surface area (Å²) in [7, 11) is 0. The molecule has 0 heterocycles. The molecule has 2 aromatic carbocycles. The Hall–Kier alpha value is -2.62. The molecule has 0 saturated heterocycles. The minimum atomic E-state index is -0.605. The number of amides is 2. The predicted octanol–water partition coefficient (Wildman–Crippen LogP) is 3.62. The van der Waals surface area contributed by atoms with Gasteiger partial charge in [-0.3, -0.25) is 9.59 Å². The van der Waals surface area contributed by atoms with E-state index >= 15 is 0 Å². The van der Waals surface area contributed by atoms with Gasteiger partial charge in [-0.1, -0.05) is 48.5 Å². The van der Waals surface area contributed by atoms with Crippen LogP contribution in [-0.4, -0.2) is 11.8 Å². The van der Waals surface area contributed by atoms with Gasteiger partial charge in [0, 0.05) is 0 Å². The van der Waals surface area contributed by atoms with Gasteiger partial charge in [0.05, 0.1) is 12.1 Å². The summed E-state index contributed by atoms with van der Waals surface area (Å²) in [5.41, 5.74) is 4.80. The van der Waals surface area contributed by atoms with Crippen LogP contribution in [0.1, 0.15) is 61.0 Å². The Morgan fingerprint density at radius 2 is 1.35 bits per heavy atom. The lowest BCUT2D eigenvalue weighted by Gasteiger charge is -2.20. The number of fused-ring (bicyclic) bond motifs is 1. The molecule has 2 unspecified atom stereocenters. The molecule has 2 N–H and O–H groups in total. The van der Waals surface area contributed by atoms with Crippen molar-refractivity contribution in [2.45, 2.75) is 51.6 Å². The summed E-state index contributed by atoms with van der Waals surface area (Å²) >= 11 is 0. The highest BCUT2D eigenvalue weighted by Gasteiger charge is 2.20. The summed E-state index contributed by atoms with van der Waals surface area (Å²) in [6.45, 7) is 3.78. The standard InChI is InChI=1S/C22H26N2O2/c1-15(17-8-4-3-5-9-17)23-21(25)22(26)24-16(2)19-13-12-18-10-6-7-11-20(18)14-19/h3-5,8-9,12-16H,6-7,10-11H2,1-2H3,(H,23,25)(H,24,26). The molecule has 0 bridgehead atoms. The highest BCUT2D eigenvalue weighted by Crippen LogP contribution is 2.24. The maximum Gasteiger partial charge on any atom is 0.309 e. The molecule has 0 aromatic heterocycles. The predicted molar refractivity (Wildman–Crippen MR) is 103 cm³/mol. The van der Waals surface area contributed by atoms with Crippen molar-refractivity contribution in [2.24, 2.45) is 0 Å². The van der Waals surface area contributed by atoms with Gasteiger partial charge >= 0.3 is 11.8 Å². The first-order chi connectivity index (χ1) is 12.5. The largest absolute Gasteiger partial charge is 0.341 e. The zero-order chi connectivity index (χ0) is 18.5. The fourth-order valence-electron chi connectivity index (χ4n) is 3.46. The van der Waals surface area contributed by atoms with Crippen LogP contribution >= 0.6 is 0 Å². The lowest BCUT2D eigenvalue weighted by molar-refractivity contribution is -0.140. The summed E-state index contributed by atoms with van der Waals surface area (Å²) in [5.74, 6) is -1.20. The molecule has 26 heavy (non-hydrogen) atoms. The van der Waals surface area contributed by atoms with Crippen LogP contribution < -0.4 is 10.6 Å². The molecule has 136 valence electrons. The topological polar surface area (TPSA) is 58.2 Å². The van der Waals surface area contributed by atoms with E-state index in [0.29, 0.717) is 0 Å². The van der Waals surface area contributed by atoms with Crippen LogP contribution in [0.3, 0.4) is 0 Å². The number of rotatable bonds is 4. The van der Waals surface area contributed by atoms with Crippen molar-refractivity contribution in [3.05, 3.63) is 70.8 Å². The SMILES string of the molecule is CC(NC(=O)C(=O)NC(C)c1ccc2c(c1)CCCC2)c1ccccc1. The van der Waals surface area contributed by atoms with Gasteiger partial charge in [-0.15, -0.1) is 0 Å². The number of nitrogens with one attached hydrogen (secondary N) is 2. The van der Waals surface area contributed by atoms with Crippen LogP contribution in [0.5, 0.6) is 0 Å². The van der Waals surface area contributed by atoms with Crippen LogP contribution in [0.4, 0.5) is 0 Å². The van der Waals surface area contributed by atoms with E-state index in [0.717, 1.165) is 24.0 Å². The summed E-state index contributed by atoms with van der Waals surface area (Å²) in [4.78, 5) is 24.5. The van der Waals surface area contributed by atoms with E-state index in [4.69, 9.17) is 0 Å². The first-order valence-corrected chi connectivity index (χ1v) is 9.32. The Morgan fingerprint density at radius 3 is 2.00 bits per heavy atom. The Balaban J connectivity index is 1.59. The molecular formula is C22H26N2O2. The van der Waals surface area contributed by atoms with E-state index in [1.807, 2.05) is 44.2 Å². The first kappa shape index (κ1) is 18.2. The van der Waals surface area contributed by atoms with E-state index in [1.165, 1.54) is 24.0 Å². The van der Waals surface area contributed by atoms with Crippen LogP contribution in [0, 0.1) is 0 Å². The van der Waals surface area contributed by atoms with Gasteiger partial charge in [-0.05, 0) is 61.8 Å². The molecule has 0 radical (unpaired) electrons. The molecule has 1 aliphatic rings. The fourth-order valence-corrected chi connectivity index (χ4v) is 3.46.